The molecule has 0 saturated heterocycles. The van der Waals surface area contributed by atoms with Crippen LogP contribution in [-0.4, -0.2) is 47.2 Å². The Kier molecular flexibility index (Phi) is 9.54. The summed E-state index contributed by atoms with van der Waals surface area (Å²) in [5, 5.41) is 19.6. The molecule has 1 amide bonds. The van der Waals surface area contributed by atoms with Crippen LogP contribution in [0, 0.1) is 0 Å². The first-order valence-electron chi connectivity index (χ1n) is 8.97. The minimum atomic E-state index is -0.752. The SMILES string of the molecule is CCCC(O)(CCC)CNC(=NCC(=O)Nc1cccnc1)NCC. The van der Waals surface area contributed by atoms with Gasteiger partial charge >= 0.3 is 0 Å². The highest BCUT2D eigenvalue weighted by Crippen LogP contribution is 2.18. The van der Waals surface area contributed by atoms with Crippen LogP contribution in [-0.2, 0) is 4.79 Å². The molecular formula is C18H31N5O2. The van der Waals surface area contributed by atoms with Crippen molar-refractivity contribution in [2.75, 3.05) is 25.0 Å². The second-order valence-electron chi connectivity index (χ2n) is 6.06. The van der Waals surface area contributed by atoms with Crippen molar-refractivity contribution in [1.29, 1.82) is 0 Å². The fraction of sp³-hybridized carbons (Fsp3) is 0.611. The molecule has 25 heavy (non-hydrogen) atoms. The lowest BCUT2D eigenvalue weighted by atomic mass is 9.93. The Labute approximate surface area is 150 Å². The van der Waals surface area contributed by atoms with Crippen molar-refractivity contribution in [3.63, 3.8) is 0 Å². The van der Waals surface area contributed by atoms with E-state index in [0.717, 1.165) is 25.7 Å². The molecule has 0 unspecified atom stereocenters. The molecule has 1 aromatic rings. The number of guanidine groups is 1. The number of aliphatic hydroxyl groups is 1. The topological polar surface area (TPSA) is 98.6 Å². The van der Waals surface area contributed by atoms with Gasteiger partial charge in [-0.2, -0.15) is 0 Å². The number of rotatable bonds is 10. The predicted molar refractivity (Wildman–Crippen MR) is 102 cm³/mol. The number of hydrogen-bond acceptors (Lipinski definition) is 4. The van der Waals surface area contributed by atoms with E-state index in [1.807, 2.05) is 6.92 Å². The molecule has 0 aliphatic rings. The zero-order valence-electron chi connectivity index (χ0n) is 15.5. The maximum Gasteiger partial charge on any atom is 0.246 e. The molecule has 7 nitrogen and oxygen atoms in total. The molecule has 0 saturated carbocycles. The van der Waals surface area contributed by atoms with E-state index >= 15 is 0 Å². The highest BCUT2D eigenvalue weighted by Gasteiger charge is 2.24. The molecule has 0 aliphatic carbocycles. The van der Waals surface area contributed by atoms with Gasteiger partial charge in [-0.05, 0) is 31.9 Å². The fourth-order valence-corrected chi connectivity index (χ4v) is 2.61. The molecule has 0 aromatic carbocycles. The van der Waals surface area contributed by atoms with Gasteiger partial charge < -0.3 is 21.1 Å². The summed E-state index contributed by atoms with van der Waals surface area (Å²) < 4.78 is 0. The molecule has 140 valence electrons. The molecule has 1 aromatic heterocycles. The summed E-state index contributed by atoms with van der Waals surface area (Å²) in [6.45, 7) is 7.15. The Morgan fingerprint density at radius 2 is 1.96 bits per heavy atom. The van der Waals surface area contributed by atoms with Gasteiger partial charge in [-0.3, -0.25) is 9.78 Å². The van der Waals surface area contributed by atoms with Crippen LogP contribution in [0.1, 0.15) is 46.5 Å². The van der Waals surface area contributed by atoms with E-state index in [1.165, 1.54) is 0 Å². The van der Waals surface area contributed by atoms with E-state index in [4.69, 9.17) is 0 Å². The summed E-state index contributed by atoms with van der Waals surface area (Å²) in [6, 6.07) is 3.53. The van der Waals surface area contributed by atoms with Crippen LogP contribution in [0.4, 0.5) is 5.69 Å². The van der Waals surface area contributed by atoms with E-state index in [-0.39, 0.29) is 12.5 Å². The standard InChI is InChI=1S/C18H31N5O2/c1-4-9-18(25,10-5-2)14-22-17(20-6-3)21-13-16(24)23-15-8-7-11-19-12-15/h7-8,11-12,25H,4-6,9-10,13-14H2,1-3H3,(H,23,24)(H2,20,21,22). The summed E-state index contributed by atoms with van der Waals surface area (Å²) in [5.41, 5.74) is -0.113. The van der Waals surface area contributed by atoms with E-state index in [2.05, 4.69) is 39.8 Å². The number of pyridine rings is 1. The molecule has 0 fully saturated rings. The smallest absolute Gasteiger partial charge is 0.246 e. The quantitative estimate of drug-likeness (QED) is 0.382. The van der Waals surface area contributed by atoms with Crippen LogP contribution in [0.2, 0.25) is 0 Å². The minimum Gasteiger partial charge on any atom is -0.388 e. The fourth-order valence-electron chi connectivity index (χ4n) is 2.61. The third kappa shape index (κ3) is 8.49. The van der Waals surface area contributed by atoms with Crippen molar-refractivity contribution in [3.8, 4) is 0 Å². The van der Waals surface area contributed by atoms with Gasteiger partial charge in [0.25, 0.3) is 0 Å². The zero-order chi connectivity index (χ0) is 18.5. The maximum atomic E-state index is 12.0. The van der Waals surface area contributed by atoms with Crippen LogP contribution >= 0.6 is 0 Å². The van der Waals surface area contributed by atoms with Crippen LogP contribution in [0.5, 0.6) is 0 Å². The average Bonchev–Trinajstić information content (AvgIpc) is 2.59. The second kappa shape index (κ2) is 11.4. The molecule has 1 heterocycles. The van der Waals surface area contributed by atoms with Gasteiger partial charge in [-0.15, -0.1) is 0 Å². The first-order valence-corrected chi connectivity index (χ1v) is 8.97. The lowest BCUT2D eigenvalue weighted by Crippen LogP contribution is -2.47. The second-order valence-corrected chi connectivity index (χ2v) is 6.06. The van der Waals surface area contributed by atoms with Crippen molar-refractivity contribution in [1.82, 2.24) is 15.6 Å². The van der Waals surface area contributed by atoms with Gasteiger partial charge in [-0.1, -0.05) is 26.7 Å². The number of hydrogen-bond donors (Lipinski definition) is 4. The summed E-state index contributed by atoms with van der Waals surface area (Å²) in [7, 11) is 0. The number of nitrogens with one attached hydrogen (secondary N) is 3. The third-order valence-electron chi connectivity index (χ3n) is 3.69. The monoisotopic (exact) mass is 349 g/mol. The molecule has 0 atom stereocenters. The van der Waals surface area contributed by atoms with Crippen LogP contribution in [0.3, 0.4) is 0 Å². The Morgan fingerprint density at radius 1 is 1.24 bits per heavy atom. The number of nitrogens with zero attached hydrogens (tertiary/aromatic N) is 2. The van der Waals surface area contributed by atoms with E-state index < -0.39 is 5.60 Å². The first kappa shape index (κ1) is 20.9. The van der Waals surface area contributed by atoms with Gasteiger partial charge in [0, 0.05) is 19.3 Å². The lowest BCUT2D eigenvalue weighted by molar-refractivity contribution is -0.114. The number of carbonyl (C=O) groups excluding carboxylic acids is 1. The number of anilines is 1. The van der Waals surface area contributed by atoms with Crippen molar-refractivity contribution in [2.45, 2.75) is 52.1 Å². The Balaban J connectivity index is 2.59. The minimum absolute atomic E-state index is 0.00971. The van der Waals surface area contributed by atoms with Gasteiger partial charge in [0.1, 0.15) is 6.54 Å². The van der Waals surface area contributed by atoms with Crippen molar-refractivity contribution >= 4 is 17.6 Å². The Hall–Kier alpha value is -2.15. The molecular weight excluding hydrogens is 318 g/mol. The van der Waals surface area contributed by atoms with Crippen LogP contribution < -0.4 is 16.0 Å². The summed E-state index contributed by atoms with van der Waals surface area (Å²) in [4.78, 5) is 20.2. The van der Waals surface area contributed by atoms with E-state index in [0.29, 0.717) is 24.7 Å². The van der Waals surface area contributed by atoms with Crippen LogP contribution in [0.15, 0.2) is 29.5 Å². The van der Waals surface area contributed by atoms with Gasteiger partial charge in [-0.25, -0.2) is 4.99 Å². The Morgan fingerprint density at radius 3 is 2.52 bits per heavy atom. The van der Waals surface area contributed by atoms with Gasteiger partial charge in [0.05, 0.1) is 17.5 Å². The first-order chi connectivity index (χ1) is 12.0. The maximum absolute atomic E-state index is 12.0. The Bertz CT molecular complexity index is 528. The molecule has 0 radical (unpaired) electrons. The van der Waals surface area contributed by atoms with E-state index in [1.54, 1.807) is 24.5 Å². The largest absolute Gasteiger partial charge is 0.388 e. The molecule has 0 bridgehead atoms. The molecule has 0 aliphatic heterocycles. The molecule has 1 rings (SSSR count). The highest BCUT2D eigenvalue weighted by molar-refractivity contribution is 5.93. The van der Waals surface area contributed by atoms with Gasteiger partial charge in [0.2, 0.25) is 5.91 Å². The molecule has 0 spiro atoms. The number of aromatic nitrogens is 1. The van der Waals surface area contributed by atoms with E-state index in [9.17, 15) is 9.90 Å². The zero-order valence-corrected chi connectivity index (χ0v) is 15.5. The lowest BCUT2D eigenvalue weighted by Gasteiger charge is -2.28. The molecule has 7 heteroatoms. The summed E-state index contributed by atoms with van der Waals surface area (Å²) in [5.74, 6) is 0.303. The molecule has 4 N–H and O–H groups in total. The number of amides is 1. The average molecular weight is 349 g/mol. The van der Waals surface area contributed by atoms with Crippen molar-refractivity contribution in [3.05, 3.63) is 24.5 Å². The van der Waals surface area contributed by atoms with Crippen molar-refractivity contribution < 1.29 is 9.90 Å². The number of aliphatic imine (C=N–C) groups is 1. The third-order valence-corrected chi connectivity index (χ3v) is 3.69. The summed E-state index contributed by atoms with van der Waals surface area (Å²) in [6.07, 6.45) is 6.53. The van der Waals surface area contributed by atoms with Crippen molar-refractivity contribution in [2.24, 2.45) is 4.99 Å². The summed E-state index contributed by atoms with van der Waals surface area (Å²) >= 11 is 0. The number of carbonyl (C=O) groups is 1. The highest BCUT2D eigenvalue weighted by atomic mass is 16.3. The van der Waals surface area contributed by atoms with Crippen LogP contribution in [0.25, 0.3) is 0 Å². The normalized spacial score (nSPS) is 11.9. The van der Waals surface area contributed by atoms with Gasteiger partial charge in [0.15, 0.2) is 5.96 Å². The predicted octanol–water partition coefficient (Wildman–Crippen LogP) is 1.91.